The Morgan fingerprint density at radius 1 is 1.22 bits per heavy atom. The molecule has 0 aliphatic heterocycles. The average Bonchev–Trinajstić information content (AvgIpc) is 2.94. The first-order valence-corrected chi connectivity index (χ1v) is 8.73. The Balaban J connectivity index is 2.44. The molecule has 1 aliphatic carbocycles. The number of carboxylic acids is 1. The number of carboxylic acid groups (broad SMARTS) is 1. The second-order valence-electron chi connectivity index (χ2n) is 5.88. The van der Waals surface area contributed by atoms with E-state index in [4.69, 9.17) is 9.47 Å². The number of thioether (sulfide) groups is 1. The van der Waals surface area contributed by atoms with Crippen molar-refractivity contribution in [1.29, 1.82) is 0 Å². The molecular weight excluding hydrogens is 322 g/mol. The molecule has 8 heteroatoms. The third-order valence-corrected chi connectivity index (χ3v) is 4.97. The van der Waals surface area contributed by atoms with Crippen LogP contribution in [0.4, 0.5) is 4.79 Å². The first kappa shape index (κ1) is 19.6. The third-order valence-electron chi connectivity index (χ3n) is 3.42. The Hall–Kier alpha value is -1.44. The number of esters is 1. The zero-order chi connectivity index (χ0) is 17.4. The van der Waals surface area contributed by atoms with Gasteiger partial charge in [-0.15, -0.1) is 11.8 Å². The molecule has 0 saturated heterocycles. The molecule has 0 radical (unpaired) electrons. The number of hydrogen-bond donors (Lipinski definition) is 2. The molecule has 0 unspecified atom stereocenters. The Morgan fingerprint density at radius 2 is 1.83 bits per heavy atom. The van der Waals surface area contributed by atoms with Gasteiger partial charge in [-0.3, -0.25) is 9.59 Å². The minimum absolute atomic E-state index is 0.0276. The number of aliphatic carboxylic acids is 1. The predicted octanol–water partition coefficient (Wildman–Crippen LogP) is 2.39. The molecule has 1 amide bonds. The zero-order valence-electron chi connectivity index (χ0n) is 13.7. The molecule has 0 aromatic carbocycles. The normalized spacial score (nSPS) is 17.6. The van der Waals surface area contributed by atoms with Crippen LogP contribution in [-0.2, 0) is 19.1 Å². The van der Waals surface area contributed by atoms with Crippen molar-refractivity contribution in [2.75, 3.05) is 6.54 Å². The fourth-order valence-corrected chi connectivity index (χ4v) is 3.60. The number of carbonyl (C=O) groups excluding carboxylic acids is 2. The molecule has 1 rings (SSSR count). The number of amides is 1. The van der Waals surface area contributed by atoms with Gasteiger partial charge >= 0.3 is 18.0 Å². The van der Waals surface area contributed by atoms with Crippen molar-refractivity contribution in [3.05, 3.63) is 0 Å². The molecule has 7 nitrogen and oxygen atoms in total. The van der Waals surface area contributed by atoms with Crippen molar-refractivity contribution < 1.29 is 29.0 Å². The quantitative estimate of drug-likeness (QED) is 0.513. The van der Waals surface area contributed by atoms with Crippen LogP contribution < -0.4 is 5.32 Å². The lowest BCUT2D eigenvalue weighted by Gasteiger charge is -2.22. The zero-order valence-corrected chi connectivity index (χ0v) is 14.6. The van der Waals surface area contributed by atoms with E-state index in [0.29, 0.717) is 5.25 Å². The molecule has 1 fully saturated rings. The summed E-state index contributed by atoms with van der Waals surface area (Å²) in [5.74, 6) is -1.70. The van der Waals surface area contributed by atoms with Gasteiger partial charge < -0.3 is 19.9 Å². The largest absolute Gasteiger partial charge is 0.480 e. The van der Waals surface area contributed by atoms with E-state index < -0.39 is 29.6 Å². The molecule has 132 valence electrons. The highest BCUT2D eigenvalue weighted by atomic mass is 32.2. The summed E-state index contributed by atoms with van der Waals surface area (Å²) in [6.45, 7) is 4.70. The summed E-state index contributed by atoms with van der Waals surface area (Å²) in [4.78, 5) is 34.0. The van der Waals surface area contributed by atoms with Crippen molar-refractivity contribution in [3.63, 3.8) is 0 Å². The van der Waals surface area contributed by atoms with E-state index in [1.54, 1.807) is 13.8 Å². The summed E-state index contributed by atoms with van der Waals surface area (Å²) in [7, 11) is 0. The number of ether oxygens (including phenoxy) is 2. The Morgan fingerprint density at radius 3 is 2.30 bits per heavy atom. The second kappa shape index (κ2) is 9.64. The van der Waals surface area contributed by atoms with E-state index in [-0.39, 0.29) is 12.5 Å². The first-order valence-electron chi connectivity index (χ1n) is 7.79. The lowest BCUT2D eigenvalue weighted by atomic mass is 10.2. The van der Waals surface area contributed by atoms with E-state index in [1.165, 1.54) is 18.7 Å². The van der Waals surface area contributed by atoms with Crippen LogP contribution in [0, 0.1) is 5.92 Å². The maximum absolute atomic E-state index is 11.8. The standard InChI is InChI=1S/C15H25NO6S/c1-9(2)14(21-10(3)17)22-15(20)16-8-12(13(18)19)23-11-6-4-5-7-11/h9,11-12,14H,4-8H2,1-3H3,(H,16,20)(H,18,19)/t12-,14+/m0/s1. The number of carbonyl (C=O) groups is 3. The maximum Gasteiger partial charge on any atom is 0.410 e. The van der Waals surface area contributed by atoms with Crippen molar-refractivity contribution in [3.8, 4) is 0 Å². The molecule has 0 bridgehead atoms. The summed E-state index contributed by atoms with van der Waals surface area (Å²) in [6, 6.07) is 0. The van der Waals surface area contributed by atoms with Gasteiger partial charge in [0, 0.05) is 24.6 Å². The van der Waals surface area contributed by atoms with Crippen molar-refractivity contribution in [2.45, 2.75) is 63.2 Å². The van der Waals surface area contributed by atoms with Crippen LogP contribution in [0.5, 0.6) is 0 Å². The van der Waals surface area contributed by atoms with Crippen molar-refractivity contribution >= 4 is 29.8 Å². The van der Waals surface area contributed by atoms with E-state index in [9.17, 15) is 19.5 Å². The van der Waals surface area contributed by atoms with Crippen molar-refractivity contribution in [1.82, 2.24) is 5.32 Å². The van der Waals surface area contributed by atoms with E-state index in [1.807, 2.05) is 0 Å². The summed E-state index contributed by atoms with van der Waals surface area (Å²) in [6.07, 6.45) is 2.50. The minimum Gasteiger partial charge on any atom is -0.480 e. The van der Waals surface area contributed by atoms with Gasteiger partial charge in [-0.25, -0.2) is 4.79 Å². The van der Waals surface area contributed by atoms with E-state index in [2.05, 4.69) is 5.32 Å². The highest BCUT2D eigenvalue weighted by Crippen LogP contribution is 2.32. The minimum atomic E-state index is -0.988. The maximum atomic E-state index is 11.8. The van der Waals surface area contributed by atoms with Crippen LogP contribution in [0.3, 0.4) is 0 Å². The second-order valence-corrected chi connectivity index (χ2v) is 7.39. The van der Waals surface area contributed by atoms with Crippen LogP contribution in [0.25, 0.3) is 0 Å². The summed E-state index contributed by atoms with van der Waals surface area (Å²) < 4.78 is 9.93. The molecule has 1 aliphatic rings. The molecule has 2 N–H and O–H groups in total. The van der Waals surface area contributed by atoms with Gasteiger partial charge in [0.2, 0.25) is 0 Å². The Kier molecular flexibility index (Phi) is 8.22. The van der Waals surface area contributed by atoms with Gasteiger partial charge in [0.15, 0.2) is 0 Å². The lowest BCUT2D eigenvalue weighted by molar-refractivity contribution is -0.172. The van der Waals surface area contributed by atoms with Crippen LogP contribution in [0.1, 0.15) is 46.5 Å². The van der Waals surface area contributed by atoms with Gasteiger partial charge in [0.05, 0.1) is 0 Å². The van der Waals surface area contributed by atoms with Gasteiger partial charge in [-0.05, 0) is 12.8 Å². The SMILES string of the molecule is CC(=O)O[C@H](OC(=O)NC[C@H](SC1CCCC1)C(=O)O)C(C)C. The first-order chi connectivity index (χ1) is 10.8. The molecule has 2 atom stereocenters. The Labute approximate surface area is 140 Å². The summed E-state index contributed by atoms with van der Waals surface area (Å²) in [5.41, 5.74) is 0. The van der Waals surface area contributed by atoms with Crippen LogP contribution in [-0.4, -0.2) is 46.5 Å². The highest BCUT2D eigenvalue weighted by molar-refractivity contribution is 8.01. The fourth-order valence-electron chi connectivity index (χ4n) is 2.23. The number of hydrogen-bond acceptors (Lipinski definition) is 6. The molecule has 1 saturated carbocycles. The molecule has 0 aromatic heterocycles. The van der Waals surface area contributed by atoms with Crippen LogP contribution in [0.15, 0.2) is 0 Å². The van der Waals surface area contributed by atoms with Gasteiger partial charge in [-0.2, -0.15) is 0 Å². The number of nitrogens with one attached hydrogen (secondary N) is 1. The van der Waals surface area contributed by atoms with Gasteiger partial charge in [0.25, 0.3) is 6.29 Å². The Bertz CT molecular complexity index is 422. The molecular formula is C15H25NO6S. The predicted molar refractivity (Wildman–Crippen MR) is 86.1 cm³/mol. The molecule has 0 aromatic rings. The third kappa shape index (κ3) is 7.58. The van der Waals surface area contributed by atoms with E-state index in [0.717, 1.165) is 25.7 Å². The average molecular weight is 347 g/mol. The number of rotatable bonds is 8. The summed E-state index contributed by atoms with van der Waals surface area (Å²) >= 11 is 1.38. The van der Waals surface area contributed by atoms with Crippen LogP contribution in [0.2, 0.25) is 0 Å². The monoisotopic (exact) mass is 347 g/mol. The van der Waals surface area contributed by atoms with Crippen LogP contribution >= 0.6 is 11.8 Å². The smallest absolute Gasteiger partial charge is 0.410 e. The highest BCUT2D eigenvalue weighted by Gasteiger charge is 2.27. The number of alkyl carbamates (subject to hydrolysis) is 1. The van der Waals surface area contributed by atoms with Gasteiger partial charge in [0.1, 0.15) is 5.25 Å². The topological polar surface area (TPSA) is 102 Å². The molecule has 0 heterocycles. The summed E-state index contributed by atoms with van der Waals surface area (Å²) in [5, 5.41) is 11.3. The van der Waals surface area contributed by atoms with Gasteiger partial charge in [-0.1, -0.05) is 26.7 Å². The molecule has 0 spiro atoms. The fraction of sp³-hybridized carbons (Fsp3) is 0.800. The van der Waals surface area contributed by atoms with E-state index >= 15 is 0 Å². The molecule has 23 heavy (non-hydrogen) atoms. The van der Waals surface area contributed by atoms with Crippen molar-refractivity contribution in [2.24, 2.45) is 5.92 Å². The lowest BCUT2D eigenvalue weighted by Crippen LogP contribution is -2.39.